The largest absolute Gasteiger partial charge is 0.370 e. The molecule has 1 atom stereocenters. The van der Waals surface area contributed by atoms with Crippen LogP contribution in [0.25, 0.3) is 0 Å². The maximum atomic E-state index is 13.9. The number of amides is 2. The molecule has 4 nitrogen and oxygen atoms in total. The highest BCUT2D eigenvalue weighted by Gasteiger charge is 2.27. The number of carbonyl (C=O) groups is 1. The predicted octanol–water partition coefficient (Wildman–Crippen LogP) is 4.08. The molecule has 3 rings (SSSR count). The van der Waals surface area contributed by atoms with Crippen LogP contribution in [0.2, 0.25) is 5.02 Å². The Balaban J connectivity index is 1.67. The second-order valence-electron chi connectivity index (χ2n) is 5.26. The van der Waals surface area contributed by atoms with Crippen LogP contribution in [0.15, 0.2) is 48.5 Å². The fourth-order valence-electron chi connectivity index (χ4n) is 2.49. The van der Waals surface area contributed by atoms with Crippen LogP contribution in [0, 0.1) is 5.82 Å². The molecule has 120 valence electrons. The Morgan fingerprint density at radius 3 is 2.70 bits per heavy atom. The number of carbonyl (C=O) groups excluding carboxylic acids is 1. The van der Waals surface area contributed by atoms with Gasteiger partial charge in [0.25, 0.3) is 0 Å². The number of nitrogens with one attached hydrogen (secondary N) is 1. The molecule has 1 heterocycles. The molecule has 0 radical (unpaired) electrons. The fourth-order valence-corrected chi connectivity index (χ4v) is 2.62. The summed E-state index contributed by atoms with van der Waals surface area (Å²) >= 11 is 5.82. The molecule has 0 spiro atoms. The lowest BCUT2D eigenvalue weighted by atomic mass is 10.1. The van der Waals surface area contributed by atoms with E-state index in [9.17, 15) is 9.18 Å². The van der Waals surface area contributed by atoms with Gasteiger partial charge in [-0.2, -0.15) is 0 Å². The Morgan fingerprint density at radius 2 is 1.96 bits per heavy atom. The first-order valence-corrected chi connectivity index (χ1v) is 7.69. The van der Waals surface area contributed by atoms with E-state index < -0.39 is 6.10 Å². The number of benzene rings is 2. The summed E-state index contributed by atoms with van der Waals surface area (Å²) in [5, 5.41) is 3.41. The lowest BCUT2D eigenvalue weighted by Crippen LogP contribution is -2.44. The Bertz CT molecular complexity index is 693. The third-order valence-corrected chi connectivity index (χ3v) is 3.95. The molecule has 1 saturated heterocycles. The Kier molecular flexibility index (Phi) is 4.79. The van der Waals surface area contributed by atoms with E-state index in [0.29, 0.717) is 36.0 Å². The van der Waals surface area contributed by atoms with E-state index in [1.165, 1.54) is 6.07 Å². The quantitative estimate of drug-likeness (QED) is 0.899. The molecule has 2 amide bonds. The van der Waals surface area contributed by atoms with Gasteiger partial charge in [0.2, 0.25) is 0 Å². The van der Waals surface area contributed by atoms with E-state index >= 15 is 0 Å². The van der Waals surface area contributed by atoms with Crippen LogP contribution in [-0.4, -0.2) is 30.6 Å². The number of halogens is 2. The van der Waals surface area contributed by atoms with Gasteiger partial charge in [0.05, 0.1) is 13.2 Å². The lowest BCUT2D eigenvalue weighted by molar-refractivity contribution is -0.0152. The highest BCUT2D eigenvalue weighted by Crippen LogP contribution is 2.25. The number of hydrogen-bond acceptors (Lipinski definition) is 2. The minimum Gasteiger partial charge on any atom is -0.370 e. The van der Waals surface area contributed by atoms with Gasteiger partial charge >= 0.3 is 6.03 Å². The van der Waals surface area contributed by atoms with Gasteiger partial charge < -0.3 is 15.0 Å². The van der Waals surface area contributed by atoms with Crippen LogP contribution in [0.1, 0.15) is 11.7 Å². The van der Waals surface area contributed by atoms with Crippen LogP contribution >= 0.6 is 11.6 Å². The second kappa shape index (κ2) is 6.98. The maximum absolute atomic E-state index is 13.9. The molecule has 1 unspecified atom stereocenters. The van der Waals surface area contributed by atoms with Gasteiger partial charge in [-0.1, -0.05) is 29.8 Å². The average Bonchev–Trinajstić information content (AvgIpc) is 2.57. The van der Waals surface area contributed by atoms with E-state index in [4.69, 9.17) is 16.3 Å². The smallest absolute Gasteiger partial charge is 0.322 e. The predicted molar refractivity (Wildman–Crippen MR) is 87.1 cm³/mol. The number of hydrogen-bond donors (Lipinski definition) is 1. The molecule has 2 aromatic carbocycles. The third kappa shape index (κ3) is 3.81. The average molecular weight is 335 g/mol. The zero-order valence-corrected chi connectivity index (χ0v) is 13.1. The summed E-state index contributed by atoms with van der Waals surface area (Å²) in [7, 11) is 0. The summed E-state index contributed by atoms with van der Waals surface area (Å²) in [6, 6.07) is 13.1. The van der Waals surface area contributed by atoms with Gasteiger partial charge in [0.15, 0.2) is 0 Å². The van der Waals surface area contributed by atoms with Crippen LogP contribution in [0.4, 0.5) is 14.9 Å². The first-order valence-electron chi connectivity index (χ1n) is 7.31. The molecule has 1 fully saturated rings. The van der Waals surface area contributed by atoms with E-state index in [1.54, 1.807) is 47.4 Å². The highest BCUT2D eigenvalue weighted by atomic mass is 35.5. The van der Waals surface area contributed by atoms with E-state index in [0.717, 1.165) is 0 Å². The normalized spacial score (nSPS) is 17.8. The van der Waals surface area contributed by atoms with Crippen LogP contribution < -0.4 is 5.32 Å². The van der Waals surface area contributed by atoms with E-state index in [1.807, 2.05) is 0 Å². The van der Waals surface area contributed by atoms with Crippen molar-refractivity contribution < 1.29 is 13.9 Å². The Labute approximate surface area is 138 Å². The van der Waals surface area contributed by atoms with Gasteiger partial charge in [-0.25, -0.2) is 9.18 Å². The van der Waals surface area contributed by atoms with Gasteiger partial charge in [-0.15, -0.1) is 0 Å². The van der Waals surface area contributed by atoms with Crippen molar-refractivity contribution in [3.63, 3.8) is 0 Å². The number of morpholine rings is 1. The van der Waals surface area contributed by atoms with Gasteiger partial charge in [-0.3, -0.25) is 0 Å². The van der Waals surface area contributed by atoms with Crippen molar-refractivity contribution in [2.24, 2.45) is 0 Å². The van der Waals surface area contributed by atoms with Gasteiger partial charge in [-0.05, 0) is 30.3 Å². The lowest BCUT2D eigenvalue weighted by Gasteiger charge is -2.33. The zero-order valence-electron chi connectivity index (χ0n) is 12.3. The van der Waals surface area contributed by atoms with Crippen LogP contribution in [0.3, 0.4) is 0 Å². The van der Waals surface area contributed by atoms with Crippen molar-refractivity contribution in [1.82, 2.24) is 4.90 Å². The van der Waals surface area contributed by atoms with Crippen molar-refractivity contribution in [3.05, 3.63) is 64.9 Å². The van der Waals surface area contributed by atoms with Crippen molar-refractivity contribution in [2.75, 3.05) is 25.0 Å². The van der Waals surface area contributed by atoms with Crippen LogP contribution in [-0.2, 0) is 4.74 Å². The first-order chi connectivity index (χ1) is 11.1. The molecule has 0 saturated carbocycles. The zero-order chi connectivity index (χ0) is 16.2. The van der Waals surface area contributed by atoms with Crippen molar-refractivity contribution in [3.8, 4) is 0 Å². The van der Waals surface area contributed by atoms with Crippen LogP contribution in [0.5, 0.6) is 0 Å². The minimum atomic E-state index is -0.457. The summed E-state index contributed by atoms with van der Waals surface area (Å²) in [6.07, 6.45) is -0.457. The molecule has 1 N–H and O–H groups in total. The molecular formula is C17H16ClFN2O2. The molecule has 0 aromatic heterocycles. The second-order valence-corrected chi connectivity index (χ2v) is 5.70. The van der Waals surface area contributed by atoms with Crippen molar-refractivity contribution in [1.29, 1.82) is 0 Å². The molecule has 2 aromatic rings. The monoisotopic (exact) mass is 334 g/mol. The fraction of sp³-hybridized carbons (Fsp3) is 0.235. The molecule has 23 heavy (non-hydrogen) atoms. The molecular weight excluding hydrogens is 319 g/mol. The number of nitrogens with zero attached hydrogens (tertiary/aromatic N) is 1. The van der Waals surface area contributed by atoms with Gasteiger partial charge in [0, 0.05) is 22.8 Å². The number of rotatable bonds is 2. The molecule has 0 bridgehead atoms. The topological polar surface area (TPSA) is 41.6 Å². The highest BCUT2D eigenvalue weighted by molar-refractivity contribution is 6.30. The van der Waals surface area contributed by atoms with Crippen molar-refractivity contribution in [2.45, 2.75) is 6.10 Å². The number of ether oxygens (including phenoxy) is 1. The van der Waals surface area contributed by atoms with Crippen molar-refractivity contribution >= 4 is 23.3 Å². The number of anilines is 1. The minimum absolute atomic E-state index is 0.239. The number of urea groups is 1. The van der Waals surface area contributed by atoms with Gasteiger partial charge in [0.1, 0.15) is 11.9 Å². The third-order valence-electron chi connectivity index (χ3n) is 3.70. The molecule has 0 aliphatic carbocycles. The van der Waals surface area contributed by atoms with E-state index in [2.05, 4.69) is 5.32 Å². The summed E-state index contributed by atoms with van der Waals surface area (Å²) in [5.41, 5.74) is 1.13. The Morgan fingerprint density at radius 1 is 1.22 bits per heavy atom. The Hall–Kier alpha value is -2.11. The summed E-state index contributed by atoms with van der Waals surface area (Å²) < 4.78 is 19.5. The molecule has 1 aliphatic rings. The maximum Gasteiger partial charge on any atom is 0.322 e. The van der Waals surface area contributed by atoms with E-state index in [-0.39, 0.29) is 11.8 Å². The summed E-state index contributed by atoms with van der Waals surface area (Å²) in [4.78, 5) is 14.0. The SMILES string of the molecule is O=C(Nc1ccc(Cl)cc1)N1CCOC(c2ccccc2F)C1. The molecule has 1 aliphatic heterocycles. The summed E-state index contributed by atoms with van der Waals surface area (Å²) in [5.74, 6) is -0.322. The molecule has 6 heteroatoms. The first kappa shape index (κ1) is 15.8. The summed E-state index contributed by atoms with van der Waals surface area (Å²) in [6.45, 7) is 1.14. The standard InChI is InChI=1S/C17H16ClFN2O2/c18-12-5-7-13(8-6-12)20-17(22)21-9-10-23-16(11-21)14-3-1-2-4-15(14)19/h1-8,16H,9-11H2,(H,20,22).